The molecule has 0 unspecified atom stereocenters. The molecule has 2 aromatic rings. The van der Waals surface area contributed by atoms with Gasteiger partial charge in [0.05, 0.1) is 0 Å². The highest BCUT2D eigenvalue weighted by molar-refractivity contribution is 5.80. The minimum atomic E-state index is -2.88. The highest BCUT2D eigenvalue weighted by Gasteiger charge is 2.13. The van der Waals surface area contributed by atoms with E-state index in [9.17, 15) is 18.4 Å². The first-order chi connectivity index (χ1) is 12.9. The number of alkyl halides is 2. The zero-order chi connectivity index (χ0) is 19.6. The summed E-state index contributed by atoms with van der Waals surface area (Å²) in [4.78, 5) is 25.2. The van der Waals surface area contributed by atoms with E-state index in [4.69, 9.17) is 4.74 Å². The lowest BCUT2D eigenvalue weighted by molar-refractivity contribution is -0.151. The van der Waals surface area contributed by atoms with Crippen LogP contribution < -0.4 is 4.74 Å². The molecule has 0 heterocycles. The minimum Gasteiger partial charge on any atom is -0.456 e. The minimum absolute atomic E-state index is 0.0510. The molecule has 0 aliphatic heterocycles. The second-order valence-electron chi connectivity index (χ2n) is 5.92. The molecular weight excluding hydrogens is 356 g/mol. The molecule has 27 heavy (non-hydrogen) atoms. The molecule has 0 atom stereocenters. The number of nitrogens with zero attached hydrogens (tertiary/aromatic N) is 1. The van der Waals surface area contributed by atoms with Crippen LogP contribution in [0, 0.1) is 0 Å². The van der Waals surface area contributed by atoms with E-state index in [-0.39, 0.29) is 31.2 Å². The molecular formula is C20H21F2NO4. The first-order valence-electron chi connectivity index (χ1n) is 8.41. The van der Waals surface area contributed by atoms with Crippen molar-refractivity contribution in [2.24, 2.45) is 0 Å². The number of hydrogen-bond donors (Lipinski definition) is 0. The van der Waals surface area contributed by atoms with Crippen molar-refractivity contribution < 1.29 is 27.8 Å². The Hall–Kier alpha value is -2.96. The van der Waals surface area contributed by atoms with Gasteiger partial charge >= 0.3 is 12.6 Å². The van der Waals surface area contributed by atoms with Crippen molar-refractivity contribution in [1.29, 1.82) is 0 Å². The maximum atomic E-state index is 12.1. The molecule has 0 aromatic heterocycles. The number of carbonyl (C=O) groups excluding carboxylic acids is 2. The van der Waals surface area contributed by atoms with E-state index < -0.39 is 12.6 Å². The van der Waals surface area contributed by atoms with Gasteiger partial charge in [-0.25, -0.2) is 0 Å². The van der Waals surface area contributed by atoms with Crippen LogP contribution >= 0.6 is 0 Å². The van der Waals surface area contributed by atoms with Gasteiger partial charge in [0.15, 0.2) is 6.61 Å². The predicted molar refractivity (Wildman–Crippen MR) is 95.3 cm³/mol. The number of hydrogen-bond acceptors (Lipinski definition) is 4. The fourth-order valence-corrected chi connectivity index (χ4v) is 2.35. The monoisotopic (exact) mass is 377 g/mol. The summed E-state index contributed by atoms with van der Waals surface area (Å²) < 4.78 is 33.5. The van der Waals surface area contributed by atoms with Crippen LogP contribution in [0.25, 0.3) is 0 Å². The molecule has 0 aliphatic carbocycles. The average molecular weight is 377 g/mol. The summed E-state index contributed by atoms with van der Waals surface area (Å²) in [6.45, 7) is -2.96. The molecule has 1 amide bonds. The van der Waals surface area contributed by atoms with Crippen molar-refractivity contribution in [2.75, 3.05) is 13.7 Å². The maximum absolute atomic E-state index is 12.1. The number of aryl methyl sites for hydroxylation is 1. The molecule has 7 heteroatoms. The number of rotatable bonds is 9. The van der Waals surface area contributed by atoms with Crippen LogP contribution in [0.5, 0.6) is 5.75 Å². The molecule has 2 aromatic carbocycles. The Bertz CT molecular complexity index is 735. The Morgan fingerprint density at radius 1 is 1.00 bits per heavy atom. The first-order valence-corrected chi connectivity index (χ1v) is 8.41. The summed E-state index contributed by atoms with van der Waals surface area (Å²) in [7, 11) is 1.57. The van der Waals surface area contributed by atoms with Gasteiger partial charge in [0.2, 0.25) is 0 Å². The fraction of sp³-hybridized carbons (Fsp3) is 0.300. The number of likely N-dealkylation sites (N-methyl/N-ethyl adjacent to an activating group) is 1. The Morgan fingerprint density at radius 3 is 2.30 bits per heavy atom. The third kappa shape index (κ3) is 7.43. The van der Waals surface area contributed by atoms with Crippen LogP contribution in [0.1, 0.15) is 17.5 Å². The van der Waals surface area contributed by atoms with Gasteiger partial charge in [0.1, 0.15) is 5.75 Å². The molecule has 144 valence electrons. The Morgan fingerprint density at radius 2 is 1.67 bits per heavy atom. The fourth-order valence-electron chi connectivity index (χ4n) is 2.35. The van der Waals surface area contributed by atoms with Gasteiger partial charge in [-0.05, 0) is 29.7 Å². The predicted octanol–water partition coefficient (Wildman–Crippen LogP) is 3.42. The van der Waals surface area contributed by atoms with Crippen LogP contribution in [0.2, 0.25) is 0 Å². The van der Waals surface area contributed by atoms with Crippen LogP contribution in [-0.2, 0) is 27.3 Å². The Labute approximate surface area is 156 Å². The lowest BCUT2D eigenvalue weighted by Crippen LogP contribution is -2.30. The molecule has 0 spiro atoms. The lowest BCUT2D eigenvalue weighted by atomic mass is 10.1. The second kappa shape index (κ2) is 10.3. The zero-order valence-corrected chi connectivity index (χ0v) is 14.9. The van der Waals surface area contributed by atoms with E-state index in [1.807, 2.05) is 30.3 Å². The SMILES string of the molecule is CN(Cc1ccc(OC(F)F)cc1)C(=O)COC(=O)CCc1ccccc1. The van der Waals surface area contributed by atoms with Crippen LogP contribution in [-0.4, -0.2) is 37.0 Å². The summed E-state index contributed by atoms with van der Waals surface area (Å²) in [6.07, 6.45) is 0.753. The van der Waals surface area contributed by atoms with Crippen molar-refractivity contribution in [3.63, 3.8) is 0 Å². The van der Waals surface area contributed by atoms with Crippen molar-refractivity contribution in [3.8, 4) is 5.75 Å². The van der Waals surface area contributed by atoms with E-state index >= 15 is 0 Å². The van der Waals surface area contributed by atoms with Crippen molar-refractivity contribution in [3.05, 3.63) is 65.7 Å². The molecule has 0 fully saturated rings. The molecule has 0 saturated heterocycles. The topological polar surface area (TPSA) is 55.8 Å². The molecule has 0 N–H and O–H groups in total. The smallest absolute Gasteiger partial charge is 0.387 e. The van der Waals surface area contributed by atoms with Gasteiger partial charge in [-0.15, -0.1) is 0 Å². The lowest BCUT2D eigenvalue weighted by Gasteiger charge is -2.17. The van der Waals surface area contributed by atoms with Gasteiger partial charge in [0.25, 0.3) is 5.91 Å². The summed E-state index contributed by atoms with van der Waals surface area (Å²) >= 11 is 0. The molecule has 0 saturated carbocycles. The number of halogens is 2. The average Bonchev–Trinajstić information content (AvgIpc) is 2.66. The number of benzene rings is 2. The Kier molecular flexibility index (Phi) is 7.73. The zero-order valence-electron chi connectivity index (χ0n) is 14.9. The van der Waals surface area contributed by atoms with Gasteiger partial charge in [-0.1, -0.05) is 42.5 Å². The quantitative estimate of drug-likeness (QED) is 0.629. The van der Waals surface area contributed by atoms with Crippen molar-refractivity contribution in [2.45, 2.75) is 26.0 Å². The highest BCUT2D eigenvalue weighted by atomic mass is 19.3. The summed E-state index contributed by atoms with van der Waals surface area (Å²) in [6, 6.07) is 15.5. The van der Waals surface area contributed by atoms with Crippen LogP contribution in [0.15, 0.2) is 54.6 Å². The normalized spacial score (nSPS) is 10.5. The second-order valence-corrected chi connectivity index (χ2v) is 5.92. The number of ether oxygens (including phenoxy) is 2. The van der Waals surface area contributed by atoms with E-state index in [0.717, 1.165) is 11.1 Å². The molecule has 0 bridgehead atoms. The third-order valence-corrected chi connectivity index (χ3v) is 3.81. The summed E-state index contributed by atoms with van der Waals surface area (Å²) in [5.74, 6) is -0.736. The molecule has 0 aliphatic rings. The number of amides is 1. The summed E-state index contributed by atoms with van der Waals surface area (Å²) in [5.41, 5.74) is 1.76. The van der Waals surface area contributed by atoms with E-state index in [1.165, 1.54) is 17.0 Å². The number of esters is 1. The van der Waals surface area contributed by atoms with Crippen molar-refractivity contribution in [1.82, 2.24) is 4.90 Å². The third-order valence-electron chi connectivity index (χ3n) is 3.81. The first kappa shape index (κ1) is 20.4. The maximum Gasteiger partial charge on any atom is 0.387 e. The Balaban J connectivity index is 1.72. The number of carbonyl (C=O) groups is 2. The van der Waals surface area contributed by atoms with Crippen LogP contribution in [0.3, 0.4) is 0 Å². The van der Waals surface area contributed by atoms with Gasteiger partial charge in [0, 0.05) is 20.0 Å². The van der Waals surface area contributed by atoms with E-state index in [0.29, 0.717) is 6.42 Å². The van der Waals surface area contributed by atoms with E-state index in [1.54, 1.807) is 19.2 Å². The highest BCUT2D eigenvalue weighted by Crippen LogP contribution is 2.15. The summed E-state index contributed by atoms with van der Waals surface area (Å²) in [5, 5.41) is 0. The van der Waals surface area contributed by atoms with Gasteiger partial charge in [-0.3, -0.25) is 9.59 Å². The molecule has 0 radical (unpaired) electrons. The largest absolute Gasteiger partial charge is 0.456 e. The molecule has 5 nitrogen and oxygen atoms in total. The van der Waals surface area contributed by atoms with Crippen LogP contribution in [0.4, 0.5) is 8.78 Å². The van der Waals surface area contributed by atoms with E-state index in [2.05, 4.69) is 4.74 Å². The standard InChI is InChI=1S/C20H21F2NO4/c1-23(13-16-7-10-17(11-8-16)27-20(21)22)18(24)14-26-19(25)12-9-15-5-3-2-4-6-15/h2-8,10-11,20H,9,12-14H2,1H3. The van der Waals surface area contributed by atoms with Crippen molar-refractivity contribution >= 4 is 11.9 Å². The van der Waals surface area contributed by atoms with Gasteiger partial charge in [-0.2, -0.15) is 8.78 Å². The van der Waals surface area contributed by atoms with Gasteiger partial charge < -0.3 is 14.4 Å². The molecule has 2 rings (SSSR count).